The van der Waals surface area contributed by atoms with Crippen LogP contribution in [0.3, 0.4) is 0 Å². The Hall–Kier alpha value is -1.71. The Labute approximate surface area is 441 Å². The molecule has 422 valence electrons. The molecule has 2 atom stereocenters. The number of carbonyl (C=O) groups excluding carboxylic acids is 2. The Morgan fingerprint density at radius 1 is 0.366 bits per heavy atom. The number of likely N-dealkylation sites (N-methyl/N-ethyl adjacent to an activating group) is 1. The molecule has 0 aliphatic heterocycles. The highest BCUT2D eigenvalue weighted by atomic mass is 16.7. The van der Waals surface area contributed by atoms with Crippen molar-refractivity contribution in [2.45, 2.75) is 334 Å². The van der Waals surface area contributed by atoms with E-state index in [9.17, 15) is 19.5 Å². The van der Waals surface area contributed by atoms with Crippen LogP contribution in [0.1, 0.15) is 322 Å². The van der Waals surface area contributed by atoms with Crippen LogP contribution < -0.4 is 0 Å². The van der Waals surface area contributed by atoms with Crippen molar-refractivity contribution >= 4 is 17.9 Å². The van der Waals surface area contributed by atoms with Crippen molar-refractivity contribution in [3.05, 3.63) is 0 Å². The third-order valence-electron chi connectivity index (χ3n) is 14.4. The van der Waals surface area contributed by atoms with Crippen LogP contribution >= 0.6 is 0 Å². The molecule has 2 unspecified atom stereocenters. The van der Waals surface area contributed by atoms with E-state index in [1.807, 2.05) is 21.1 Å². The first-order valence-corrected chi connectivity index (χ1v) is 31.2. The van der Waals surface area contributed by atoms with Crippen molar-refractivity contribution in [2.24, 2.45) is 0 Å². The summed E-state index contributed by atoms with van der Waals surface area (Å²) in [4.78, 5) is 37.4. The van der Waals surface area contributed by atoms with Gasteiger partial charge in [-0.25, -0.2) is 4.79 Å². The van der Waals surface area contributed by atoms with E-state index in [0.29, 0.717) is 17.4 Å². The van der Waals surface area contributed by atoms with E-state index in [4.69, 9.17) is 18.9 Å². The molecule has 9 nitrogen and oxygen atoms in total. The van der Waals surface area contributed by atoms with Crippen molar-refractivity contribution in [3.63, 3.8) is 0 Å². The topological polar surface area (TPSA) is 108 Å². The number of carboxylic acids is 1. The molecule has 0 amide bonds. The Morgan fingerprint density at radius 2 is 0.634 bits per heavy atom. The van der Waals surface area contributed by atoms with E-state index in [1.54, 1.807) is 0 Å². The quantitative estimate of drug-likeness (QED) is 0.0278. The second kappa shape index (κ2) is 54.5. The van der Waals surface area contributed by atoms with Gasteiger partial charge in [0.25, 0.3) is 6.29 Å². The number of aliphatic carboxylic acids is 1. The maximum Gasteiger partial charge on any atom is 0.361 e. The van der Waals surface area contributed by atoms with E-state index < -0.39 is 18.4 Å². The van der Waals surface area contributed by atoms with Gasteiger partial charge < -0.3 is 28.5 Å². The largest absolute Gasteiger partial charge is 0.477 e. The molecular formula is C62H122NO8+. The second-order valence-corrected chi connectivity index (χ2v) is 22.7. The smallest absolute Gasteiger partial charge is 0.361 e. The van der Waals surface area contributed by atoms with E-state index >= 15 is 0 Å². The van der Waals surface area contributed by atoms with Gasteiger partial charge in [0.05, 0.1) is 34.4 Å². The number of ether oxygens (including phenoxy) is 4. The van der Waals surface area contributed by atoms with E-state index in [1.165, 1.54) is 257 Å². The minimum absolute atomic E-state index is 0.173. The van der Waals surface area contributed by atoms with Crippen molar-refractivity contribution in [1.29, 1.82) is 0 Å². The molecular weight excluding hydrogens is 887 g/mol. The fraction of sp³-hybridized carbons (Fsp3) is 0.952. The zero-order valence-corrected chi connectivity index (χ0v) is 48.2. The molecule has 0 aromatic rings. The molecule has 0 saturated heterocycles. The predicted octanol–water partition coefficient (Wildman–Crippen LogP) is 18.4. The highest BCUT2D eigenvalue weighted by Crippen LogP contribution is 2.19. The van der Waals surface area contributed by atoms with E-state index in [2.05, 4.69) is 13.8 Å². The van der Waals surface area contributed by atoms with Crippen LogP contribution in [-0.2, 0) is 33.3 Å². The van der Waals surface area contributed by atoms with Gasteiger partial charge in [-0.05, 0) is 12.8 Å². The average molecular weight is 1010 g/mol. The molecule has 0 spiro atoms. The SMILES string of the molecule is CCCCCCCCCCCCCCCCCCCCCCCCCCCCCCCCCCCC(=O)OC(COC(=O)CCCCCCCCCCCCCCC)COC(OCC[N+](C)(C)C)C(=O)O. The summed E-state index contributed by atoms with van der Waals surface area (Å²) in [6.45, 7) is 4.94. The zero-order chi connectivity index (χ0) is 52.0. The van der Waals surface area contributed by atoms with Crippen molar-refractivity contribution in [1.82, 2.24) is 0 Å². The van der Waals surface area contributed by atoms with Gasteiger partial charge in [0, 0.05) is 12.8 Å². The molecule has 0 aromatic carbocycles. The number of hydrogen-bond donors (Lipinski definition) is 1. The molecule has 9 heteroatoms. The lowest BCUT2D eigenvalue weighted by Crippen LogP contribution is -2.40. The fourth-order valence-corrected chi connectivity index (χ4v) is 9.55. The van der Waals surface area contributed by atoms with Gasteiger partial charge in [-0.3, -0.25) is 9.59 Å². The predicted molar refractivity (Wildman–Crippen MR) is 300 cm³/mol. The number of esters is 2. The molecule has 0 fully saturated rings. The zero-order valence-electron chi connectivity index (χ0n) is 48.2. The Morgan fingerprint density at radius 3 is 0.901 bits per heavy atom. The molecule has 0 bridgehead atoms. The number of quaternary nitrogens is 1. The normalized spacial score (nSPS) is 12.6. The van der Waals surface area contributed by atoms with E-state index in [-0.39, 0.29) is 38.2 Å². The van der Waals surface area contributed by atoms with Crippen molar-refractivity contribution in [3.8, 4) is 0 Å². The lowest BCUT2D eigenvalue weighted by molar-refractivity contribution is -0.870. The first-order valence-electron chi connectivity index (χ1n) is 31.2. The Kier molecular flexibility index (Phi) is 53.2. The average Bonchev–Trinajstić information content (AvgIpc) is 3.34. The van der Waals surface area contributed by atoms with Gasteiger partial charge >= 0.3 is 17.9 Å². The van der Waals surface area contributed by atoms with Gasteiger partial charge in [0.15, 0.2) is 6.10 Å². The molecule has 0 rings (SSSR count). The monoisotopic (exact) mass is 1010 g/mol. The lowest BCUT2D eigenvalue weighted by Gasteiger charge is -2.25. The van der Waals surface area contributed by atoms with Crippen LogP contribution in [0.2, 0.25) is 0 Å². The summed E-state index contributed by atoms with van der Waals surface area (Å²) >= 11 is 0. The molecule has 0 aromatic heterocycles. The minimum atomic E-state index is -1.50. The molecule has 0 aliphatic rings. The Balaban J connectivity index is 3.98. The molecule has 0 saturated carbocycles. The third kappa shape index (κ3) is 55.9. The number of carbonyl (C=O) groups is 3. The number of nitrogens with zero attached hydrogens (tertiary/aromatic N) is 1. The fourth-order valence-electron chi connectivity index (χ4n) is 9.55. The number of rotatable bonds is 59. The first-order chi connectivity index (χ1) is 34.6. The number of carboxylic acid groups (broad SMARTS) is 1. The van der Waals surface area contributed by atoms with Crippen LogP contribution in [0.25, 0.3) is 0 Å². The minimum Gasteiger partial charge on any atom is -0.477 e. The van der Waals surface area contributed by atoms with Gasteiger partial charge in [-0.15, -0.1) is 0 Å². The first kappa shape index (κ1) is 69.3. The molecule has 71 heavy (non-hydrogen) atoms. The van der Waals surface area contributed by atoms with Gasteiger partial charge in [0.1, 0.15) is 13.2 Å². The molecule has 0 aliphatic carbocycles. The van der Waals surface area contributed by atoms with Crippen LogP contribution in [0.15, 0.2) is 0 Å². The summed E-state index contributed by atoms with van der Waals surface area (Å²) in [6.07, 6.45) is 59.3. The maximum absolute atomic E-state index is 12.9. The van der Waals surface area contributed by atoms with Crippen LogP contribution in [0.4, 0.5) is 0 Å². The summed E-state index contributed by atoms with van der Waals surface area (Å²) in [6, 6.07) is 0. The summed E-state index contributed by atoms with van der Waals surface area (Å²) < 4.78 is 22.9. The molecule has 0 radical (unpaired) electrons. The number of unbranched alkanes of at least 4 members (excludes halogenated alkanes) is 44. The van der Waals surface area contributed by atoms with Gasteiger partial charge in [-0.1, -0.05) is 296 Å². The standard InChI is InChI=1S/C62H121NO8/c1-6-8-10-12-14-16-18-20-21-22-23-24-25-26-27-28-29-30-31-32-33-34-35-36-37-38-39-41-43-45-47-49-51-53-60(65)71-58(57-70-62(61(66)67)68-55-54-63(3,4)5)56-69-59(64)52-50-48-46-44-42-40-19-17-15-13-11-9-7-2/h58,62H,6-57H2,1-5H3/p+1. The highest BCUT2D eigenvalue weighted by molar-refractivity contribution is 5.71. The highest BCUT2D eigenvalue weighted by Gasteiger charge is 2.25. The van der Waals surface area contributed by atoms with Crippen molar-refractivity contribution in [2.75, 3.05) is 47.5 Å². The van der Waals surface area contributed by atoms with Crippen LogP contribution in [0.5, 0.6) is 0 Å². The van der Waals surface area contributed by atoms with Gasteiger partial charge in [0.2, 0.25) is 0 Å². The van der Waals surface area contributed by atoms with Gasteiger partial charge in [-0.2, -0.15) is 0 Å². The summed E-state index contributed by atoms with van der Waals surface area (Å²) in [5.41, 5.74) is 0. The summed E-state index contributed by atoms with van der Waals surface area (Å²) in [5, 5.41) is 9.69. The third-order valence-corrected chi connectivity index (χ3v) is 14.4. The maximum atomic E-state index is 12.9. The Bertz CT molecular complexity index is 1130. The number of hydrogen-bond acceptors (Lipinski definition) is 7. The summed E-state index contributed by atoms with van der Waals surface area (Å²) in [7, 11) is 5.98. The summed E-state index contributed by atoms with van der Waals surface area (Å²) in [5.74, 6) is -1.98. The second-order valence-electron chi connectivity index (χ2n) is 22.7. The molecule has 1 N–H and O–H groups in total. The van der Waals surface area contributed by atoms with E-state index in [0.717, 1.165) is 38.5 Å². The van der Waals surface area contributed by atoms with Crippen LogP contribution in [-0.4, -0.2) is 87.4 Å². The molecule has 0 heterocycles. The van der Waals surface area contributed by atoms with Crippen molar-refractivity contribution < 1.29 is 42.9 Å². The van der Waals surface area contributed by atoms with Crippen LogP contribution in [0, 0.1) is 0 Å². The lowest BCUT2D eigenvalue weighted by atomic mass is 10.0.